The molecule has 0 aliphatic carbocycles. The van der Waals surface area contributed by atoms with E-state index in [4.69, 9.17) is 0 Å². The highest BCUT2D eigenvalue weighted by molar-refractivity contribution is 6.83. The second kappa shape index (κ2) is 5.77. The number of hydrogen-bond acceptors (Lipinski definition) is 2. The molecule has 0 aliphatic rings. The van der Waals surface area contributed by atoms with E-state index in [1.807, 2.05) is 6.92 Å². The van der Waals surface area contributed by atoms with Gasteiger partial charge < -0.3 is 4.74 Å². The summed E-state index contributed by atoms with van der Waals surface area (Å²) >= 11 is 0. The summed E-state index contributed by atoms with van der Waals surface area (Å²) in [6.07, 6.45) is 0.776. The fraction of sp³-hybridized carbons (Fsp3) is 0.583. The molecule has 0 aromatic carbocycles. The molecule has 0 aromatic rings. The Balaban J connectivity index is 5.05. The molecule has 15 heavy (non-hydrogen) atoms. The summed E-state index contributed by atoms with van der Waals surface area (Å²) in [5, 5.41) is 0. The summed E-state index contributed by atoms with van der Waals surface area (Å²) in [4.78, 5) is 11.3. The van der Waals surface area contributed by atoms with E-state index in [1.54, 1.807) is 6.92 Å². The van der Waals surface area contributed by atoms with Gasteiger partial charge in [0.1, 0.15) is 8.07 Å². The van der Waals surface area contributed by atoms with Gasteiger partial charge in [-0.1, -0.05) is 32.5 Å². The average molecular weight is 224 g/mol. The van der Waals surface area contributed by atoms with Gasteiger partial charge in [-0.3, -0.25) is 0 Å². The molecule has 0 rings (SSSR count). The van der Waals surface area contributed by atoms with Crippen LogP contribution >= 0.6 is 0 Å². The van der Waals surface area contributed by atoms with Crippen molar-refractivity contribution in [2.24, 2.45) is 0 Å². The maximum atomic E-state index is 11.3. The van der Waals surface area contributed by atoms with Crippen LogP contribution in [0.4, 0.5) is 0 Å². The lowest BCUT2D eigenvalue weighted by molar-refractivity contribution is -0.136. The van der Waals surface area contributed by atoms with Crippen molar-refractivity contribution >= 4 is 14.0 Å². The molecule has 0 aliphatic heterocycles. The minimum Gasteiger partial charge on any atom is -0.466 e. The van der Waals surface area contributed by atoms with E-state index in [0.717, 1.165) is 12.0 Å². The van der Waals surface area contributed by atoms with Crippen molar-refractivity contribution in [1.82, 2.24) is 0 Å². The van der Waals surface area contributed by atoms with Gasteiger partial charge in [0.25, 0.3) is 0 Å². The number of ether oxygens (including phenoxy) is 1. The quantitative estimate of drug-likeness (QED) is 0.312. The predicted molar refractivity (Wildman–Crippen MR) is 66.1 cm³/mol. The van der Waals surface area contributed by atoms with Gasteiger partial charge in [0.15, 0.2) is 0 Å². The molecule has 3 heteroatoms. The summed E-state index contributed by atoms with van der Waals surface area (Å²) in [7, 11) is 0.0194. The SMILES string of the molecule is CC/C(C#C[Si](C)(C)C)=C(/C)C(=O)OC. The number of hydrogen-bond donors (Lipinski definition) is 0. The molecule has 0 saturated carbocycles. The van der Waals surface area contributed by atoms with Crippen molar-refractivity contribution in [3.63, 3.8) is 0 Å². The first-order chi connectivity index (χ1) is 6.81. The lowest BCUT2D eigenvalue weighted by atomic mass is 10.1. The Morgan fingerprint density at radius 3 is 2.20 bits per heavy atom. The van der Waals surface area contributed by atoms with E-state index >= 15 is 0 Å². The highest BCUT2D eigenvalue weighted by atomic mass is 28.3. The van der Waals surface area contributed by atoms with Crippen LogP contribution in [0.3, 0.4) is 0 Å². The van der Waals surface area contributed by atoms with E-state index in [2.05, 4.69) is 35.8 Å². The zero-order valence-electron chi connectivity index (χ0n) is 10.5. The van der Waals surface area contributed by atoms with Crippen LogP contribution in [0.15, 0.2) is 11.1 Å². The standard InChI is InChI=1S/C12H20O2Si/c1-7-11(8-9-15(4,5)6)10(2)12(13)14-3/h7H2,1-6H3/b11-10+. The van der Waals surface area contributed by atoms with Crippen LogP contribution in [0.2, 0.25) is 19.6 Å². The number of methoxy groups -OCH3 is 1. The highest BCUT2D eigenvalue weighted by Crippen LogP contribution is 2.09. The van der Waals surface area contributed by atoms with Gasteiger partial charge in [0.2, 0.25) is 0 Å². The normalized spacial score (nSPS) is 12.4. The second-order valence-corrected chi connectivity index (χ2v) is 9.20. The topological polar surface area (TPSA) is 26.3 Å². The van der Waals surface area contributed by atoms with Crippen LogP contribution in [0.5, 0.6) is 0 Å². The van der Waals surface area contributed by atoms with E-state index in [9.17, 15) is 4.79 Å². The smallest absolute Gasteiger partial charge is 0.334 e. The summed E-state index contributed by atoms with van der Waals surface area (Å²) in [6, 6.07) is 0. The largest absolute Gasteiger partial charge is 0.466 e. The Kier molecular flexibility index (Phi) is 5.38. The molecular weight excluding hydrogens is 204 g/mol. The van der Waals surface area contributed by atoms with Gasteiger partial charge in [-0.2, -0.15) is 0 Å². The Morgan fingerprint density at radius 1 is 1.33 bits per heavy atom. The van der Waals surface area contributed by atoms with E-state index in [0.29, 0.717) is 5.57 Å². The Bertz CT molecular complexity index is 324. The number of carbonyl (C=O) groups excluding carboxylic acids is 1. The molecule has 0 heterocycles. The number of carbonyl (C=O) groups is 1. The van der Waals surface area contributed by atoms with E-state index < -0.39 is 8.07 Å². The first-order valence-corrected chi connectivity index (χ1v) is 8.63. The lowest BCUT2D eigenvalue weighted by Crippen LogP contribution is -2.16. The summed E-state index contributed by atoms with van der Waals surface area (Å²) in [6.45, 7) is 10.3. The van der Waals surface area contributed by atoms with Crippen LogP contribution in [0.1, 0.15) is 20.3 Å². The van der Waals surface area contributed by atoms with E-state index in [1.165, 1.54) is 7.11 Å². The number of allylic oxidation sites excluding steroid dienone is 1. The molecule has 0 atom stereocenters. The molecule has 0 bridgehead atoms. The van der Waals surface area contributed by atoms with Crippen molar-refractivity contribution in [3.05, 3.63) is 11.1 Å². The highest BCUT2D eigenvalue weighted by Gasteiger charge is 2.10. The molecule has 0 saturated heterocycles. The van der Waals surface area contributed by atoms with Crippen LogP contribution in [-0.4, -0.2) is 21.2 Å². The molecular formula is C12H20O2Si. The van der Waals surface area contributed by atoms with E-state index in [-0.39, 0.29) is 5.97 Å². The fourth-order valence-electron chi connectivity index (χ4n) is 0.987. The fourth-order valence-corrected chi connectivity index (χ4v) is 1.51. The molecule has 0 unspecified atom stereocenters. The monoisotopic (exact) mass is 224 g/mol. The average Bonchev–Trinajstić information content (AvgIpc) is 2.15. The summed E-state index contributed by atoms with van der Waals surface area (Å²) in [5.74, 6) is 2.83. The lowest BCUT2D eigenvalue weighted by Gasteiger charge is -2.06. The van der Waals surface area contributed by atoms with Gasteiger partial charge in [0, 0.05) is 11.1 Å². The van der Waals surface area contributed by atoms with Crippen molar-refractivity contribution < 1.29 is 9.53 Å². The number of esters is 1. The minimum absolute atomic E-state index is 0.281. The van der Waals surface area contributed by atoms with Crippen LogP contribution in [0, 0.1) is 11.5 Å². The maximum Gasteiger partial charge on any atom is 0.334 e. The molecule has 0 N–H and O–H groups in total. The molecule has 84 valence electrons. The van der Waals surface area contributed by atoms with Crippen LogP contribution in [-0.2, 0) is 9.53 Å². The maximum absolute atomic E-state index is 11.3. The van der Waals surface area contributed by atoms with Crippen molar-refractivity contribution in [1.29, 1.82) is 0 Å². The third-order valence-electron chi connectivity index (χ3n) is 1.89. The third kappa shape index (κ3) is 5.43. The first-order valence-electron chi connectivity index (χ1n) is 5.13. The zero-order valence-corrected chi connectivity index (χ0v) is 11.5. The van der Waals surface area contributed by atoms with Gasteiger partial charge in [-0.15, -0.1) is 5.54 Å². The predicted octanol–water partition coefficient (Wildman–Crippen LogP) is 2.77. The molecule has 0 fully saturated rings. The molecule has 0 aromatic heterocycles. The summed E-state index contributed by atoms with van der Waals surface area (Å²) in [5.41, 5.74) is 4.78. The molecule has 0 amide bonds. The minimum atomic E-state index is -1.37. The molecule has 0 spiro atoms. The summed E-state index contributed by atoms with van der Waals surface area (Å²) < 4.78 is 4.67. The molecule has 2 nitrogen and oxygen atoms in total. The van der Waals surface area contributed by atoms with Crippen LogP contribution < -0.4 is 0 Å². The second-order valence-electron chi connectivity index (χ2n) is 4.45. The van der Waals surface area contributed by atoms with Gasteiger partial charge >= 0.3 is 5.97 Å². The molecule has 0 radical (unpaired) electrons. The van der Waals surface area contributed by atoms with Crippen molar-refractivity contribution in [2.45, 2.75) is 39.9 Å². The Hall–Kier alpha value is -1.01. The third-order valence-corrected chi connectivity index (χ3v) is 2.76. The van der Waals surface area contributed by atoms with Crippen molar-refractivity contribution in [2.75, 3.05) is 7.11 Å². The van der Waals surface area contributed by atoms with Gasteiger partial charge in [-0.05, 0) is 13.3 Å². The number of rotatable bonds is 2. The van der Waals surface area contributed by atoms with Gasteiger partial charge in [-0.25, -0.2) is 4.79 Å². The van der Waals surface area contributed by atoms with Crippen molar-refractivity contribution in [3.8, 4) is 11.5 Å². The first kappa shape index (κ1) is 14.0. The van der Waals surface area contributed by atoms with Crippen LogP contribution in [0.25, 0.3) is 0 Å². The Morgan fingerprint density at radius 2 is 1.87 bits per heavy atom. The zero-order chi connectivity index (χ0) is 12.1. The Labute approximate surface area is 93.7 Å². The van der Waals surface area contributed by atoms with Gasteiger partial charge in [0.05, 0.1) is 7.11 Å².